The first-order valence-electron chi connectivity index (χ1n) is 9.37. The Hall–Kier alpha value is -2.81. The Labute approximate surface area is 161 Å². The second kappa shape index (κ2) is 10.4. The number of aryl methyl sites for hydroxylation is 3. The standard InChI is InChI=1S/C21H28N4O2/c1-16-7-4-8-19(15-16)27-14-6-12-23-21(26)10-9-20-17(2)24-25(18(20)3)13-5-11-22/h4,7-8,15H,5-6,9-10,12-14H2,1-3H3,(H,23,26). The molecule has 0 atom stereocenters. The third kappa shape index (κ3) is 6.45. The van der Waals surface area contributed by atoms with Crippen LogP contribution in [-0.2, 0) is 17.8 Å². The summed E-state index contributed by atoms with van der Waals surface area (Å²) in [4.78, 5) is 12.1. The summed E-state index contributed by atoms with van der Waals surface area (Å²) in [5, 5.41) is 16.1. The molecule has 6 nitrogen and oxygen atoms in total. The van der Waals surface area contributed by atoms with Crippen LogP contribution < -0.4 is 10.1 Å². The van der Waals surface area contributed by atoms with Crippen molar-refractivity contribution in [2.45, 2.75) is 53.0 Å². The summed E-state index contributed by atoms with van der Waals surface area (Å²) in [5.41, 5.74) is 4.25. The first-order valence-corrected chi connectivity index (χ1v) is 9.37. The summed E-state index contributed by atoms with van der Waals surface area (Å²) in [7, 11) is 0. The van der Waals surface area contributed by atoms with E-state index in [9.17, 15) is 4.79 Å². The second-order valence-corrected chi connectivity index (χ2v) is 6.65. The maximum Gasteiger partial charge on any atom is 0.220 e. The van der Waals surface area contributed by atoms with Crippen molar-refractivity contribution in [1.82, 2.24) is 15.1 Å². The molecule has 1 N–H and O–H groups in total. The van der Waals surface area contributed by atoms with Crippen LogP contribution in [0.2, 0.25) is 0 Å². The fourth-order valence-corrected chi connectivity index (χ4v) is 2.99. The van der Waals surface area contributed by atoms with E-state index in [1.165, 1.54) is 5.56 Å². The lowest BCUT2D eigenvalue weighted by atomic mass is 10.1. The molecule has 0 aliphatic heterocycles. The summed E-state index contributed by atoms with van der Waals surface area (Å²) >= 11 is 0. The van der Waals surface area contributed by atoms with Crippen LogP contribution in [0.5, 0.6) is 5.75 Å². The number of hydrogen-bond acceptors (Lipinski definition) is 4. The van der Waals surface area contributed by atoms with Gasteiger partial charge < -0.3 is 10.1 Å². The van der Waals surface area contributed by atoms with Crippen molar-refractivity contribution in [3.63, 3.8) is 0 Å². The molecule has 6 heteroatoms. The largest absolute Gasteiger partial charge is 0.494 e. The zero-order valence-electron chi connectivity index (χ0n) is 16.4. The van der Waals surface area contributed by atoms with Gasteiger partial charge in [0, 0.05) is 18.7 Å². The van der Waals surface area contributed by atoms with E-state index in [4.69, 9.17) is 10.00 Å². The van der Waals surface area contributed by atoms with E-state index in [0.717, 1.165) is 29.1 Å². The molecule has 1 aromatic carbocycles. The van der Waals surface area contributed by atoms with Gasteiger partial charge in [-0.15, -0.1) is 0 Å². The highest BCUT2D eigenvalue weighted by atomic mass is 16.5. The molecule has 0 fully saturated rings. The van der Waals surface area contributed by atoms with Gasteiger partial charge in [0.15, 0.2) is 0 Å². The average Bonchev–Trinajstić information content (AvgIpc) is 2.91. The lowest BCUT2D eigenvalue weighted by Gasteiger charge is -2.08. The molecule has 1 amide bonds. The van der Waals surface area contributed by atoms with Crippen molar-refractivity contribution in [3.8, 4) is 11.8 Å². The molecular weight excluding hydrogens is 340 g/mol. The number of carbonyl (C=O) groups is 1. The lowest BCUT2D eigenvalue weighted by molar-refractivity contribution is -0.121. The highest BCUT2D eigenvalue weighted by Gasteiger charge is 2.12. The van der Waals surface area contributed by atoms with Crippen LogP contribution in [0.25, 0.3) is 0 Å². The van der Waals surface area contributed by atoms with Gasteiger partial charge >= 0.3 is 0 Å². The van der Waals surface area contributed by atoms with E-state index < -0.39 is 0 Å². The Balaban J connectivity index is 1.68. The minimum atomic E-state index is 0.0362. The molecule has 1 heterocycles. The van der Waals surface area contributed by atoms with E-state index in [1.807, 2.05) is 49.7 Å². The second-order valence-electron chi connectivity index (χ2n) is 6.65. The normalized spacial score (nSPS) is 10.4. The summed E-state index contributed by atoms with van der Waals surface area (Å²) < 4.78 is 7.53. The molecule has 2 aromatic rings. The number of nitrogens with one attached hydrogen (secondary N) is 1. The summed E-state index contributed by atoms with van der Waals surface area (Å²) in [6.45, 7) is 7.75. The molecule has 144 valence electrons. The summed E-state index contributed by atoms with van der Waals surface area (Å²) in [5.74, 6) is 0.898. The minimum absolute atomic E-state index is 0.0362. The third-order valence-electron chi connectivity index (χ3n) is 4.47. The van der Waals surface area contributed by atoms with E-state index in [-0.39, 0.29) is 5.91 Å². The van der Waals surface area contributed by atoms with Gasteiger partial charge in [0.1, 0.15) is 5.75 Å². The lowest BCUT2D eigenvalue weighted by Crippen LogP contribution is -2.25. The first kappa shape index (κ1) is 20.5. The Morgan fingerprint density at radius 2 is 2.15 bits per heavy atom. The van der Waals surface area contributed by atoms with Crippen LogP contribution >= 0.6 is 0 Å². The number of ether oxygens (including phenoxy) is 1. The number of rotatable bonds is 10. The number of hydrogen-bond donors (Lipinski definition) is 1. The molecule has 0 bridgehead atoms. The van der Waals surface area contributed by atoms with Crippen molar-refractivity contribution in [3.05, 3.63) is 46.8 Å². The molecular formula is C21H28N4O2. The van der Waals surface area contributed by atoms with Crippen LogP contribution in [0.15, 0.2) is 24.3 Å². The van der Waals surface area contributed by atoms with Gasteiger partial charge in [-0.2, -0.15) is 10.4 Å². The molecule has 27 heavy (non-hydrogen) atoms. The van der Waals surface area contributed by atoms with Crippen LogP contribution in [-0.4, -0.2) is 28.8 Å². The van der Waals surface area contributed by atoms with Crippen molar-refractivity contribution < 1.29 is 9.53 Å². The quantitative estimate of drug-likeness (QED) is 0.653. The van der Waals surface area contributed by atoms with E-state index >= 15 is 0 Å². The number of aromatic nitrogens is 2. The Bertz CT molecular complexity index is 805. The molecule has 2 rings (SSSR count). The fourth-order valence-electron chi connectivity index (χ4n) is 2.99. The molecule has 0 saturated heterocycles. The molecule has 0 saturated carbocycles. The van der Waals surface area contributed by atoms with Gasteiger partial charge in [-0.3, -0.25) is 9.48 Å². The van der Waals surface area contributed by atoms with Gasteiger partial charge in [-0.25, -0.2) is 0 Å². The zero-order chi connectivity index (χ0) is 19.6. The van der Waals surface area contributed by atoms with Gasteiger partial charge in [-0.05, 0) is 56.9 Å². The van der Waals surface area contributed by atoms with E-state index in [0.29, 0.717) is 39.0 Å². The Morgan fingerprint density at radius 1 is 1.33 bits per heavy atom. The van der Waals surface area contributed by atoms with Crippen molar-refractivity contribution in [1.29, 1.82) is 5.26 Å². The molecule has 0 unspecified atom stereocenters. The minimum Gasteiger partial charge on any atom is -0.494 e. The number of benzene rings is 1. The summed E-state index contributed by atoms with van der Waals surface area (Å²) in [6, 6.07) is 10.1. The highest BCUT2D eigenvalue weighted by Crippen LogP contribution is 2.15. The number of nitriles is 1. The third-order valence-corrected chi connectivity index (χ3v) is 4.47. The Kier molecular flexibility index (Phi) is 7.87. The van der Waals surface area contributed by atoms with Crippen LogP contribution in [0.4, 0.5) is 0 Å². The molecule has 0 aliphatic carbocycles. The van der Waals surface area contributed by atoms with E-state index in [2.05, 4.69) is 16.5 Å². The first-order chi connectivity index (χ1) is 13.0. The molecule has 0 spiro atoms. The van der Waals surface area contributed by atoms with Crippen LogP contribution in [0.1, 0.15) is 41.8 Å². The molecule has 0 aliphatic rings. The number of nitrogens with zero attached hydrogens (tertiary/aromatic N) is 3. The fraction of sp³-hybridized carbons (Fsp3) is 0.476. The van der Waals surface area contributed by atoms with E-state index in [1.54, 1.807) is 0 Å². The van der Waals surface area contributed by atoms with Crippen LogP contribution in [0.3, 0.4) is 0 Å². The topological polar surface area (TPSA) is 79.9 Å². The van der Waals surface area contributed by atoms with Gasteiger partial charge in [0.05, 0.1) is 31.3 Å². The zero-order valence-corrected chi connectivity index (χ0v) is 16.4. The smallest absolute Gasteiger partial charge is 0.220 e. The molecule has 1 aromatic heterocycles. The molecule has 0 radical (unpaired) electrons. The maximum atomic E-state index is 12.1. The monoisotopic (exact) mass is 368 g/mol. The number of carbonyl (C=O) groups excluding carboxylic acids is 1. The van der Waals surface area contributed by atoms with Gasteiger partial charge in [0.2, 0.25) is 5.91 Å². The van der Waals surface area contributed by atoms with Crippen LogP contribution in [0, 0.1) is 32.1 Å². The number of amides is 1. The van der Waals surface area contributed by atoms with Gasteiger partial charge in [0.25, 0.3) is 0 Å². The Morgan fingerprint density at radius 3 is 2.89 bits per heavy atom. The van der Waals surface area contributed by atoms with Crippen molar-refractivity contribution >= 4 is 5.91 Å². The highest BCUT2D eigenvalue weighted by molar-refractivity contribution is 5.76. The SMILES string of the molecule is Cc1cccc(OCCCNC(=O)CCc2c(C)nn(CCC#N)c2C)c1. The summed E-state index contributed by atoms with van der Waals surface area (Å²) in [6.07, 6.45) is 2.30. The van der Waals surface area contributed by atoms with Gasteiger partial charge in [-0.1, -0.05) is 12.1 Å². The average molecular weight is 368 g/mol. The predicted octanol–water partition coefficient (Wildman–Crippen LogP) is 3.24. The van der Waals surface area contributed by atoms with Crippen molar-refractivity contribution in [2.75, 3.05) is 13.2 Å². The predicted molar refractivity (Wildman–Crippen MR) is 105 cm³/mol. The maximum absolute atomic E-state index is 12.1. The van der Waals surface area contributed by atoms with Crippen molar-refractivity contribution in [2.24, 2.45) is 0 Å².